The summed E-state index contributed by atoms with van der Waals surface area (Å²) < 4.78 is 36.2. The number of halogens is 1. The molecule has 2 aliphatic rings. The first-order valence-electron chi connectivity index (χ1n) is 14.3. The minimum Gasteiger partial charge on any atom is -0.467 e. The normalized spacial score (nSPS) is 20.6. The van der Waals surface area contributed by atoms with Crippen LogP contribution in [0.2, 0.25) is 0 Å². The summed E-state index contributed by atoms with van der Waals surface area (Å²) in [4.78, 5) is 31.2. The number of rotatable bonds is 7. The molecule has 42 heavy (non-hydrogen) atoms. The predicted octanol–water partition coefficient (Wildman–Crippen LogP) is 6.05. The van der Waals surface area contributed by atoms with Gasteiger partial charge in [0.25, 0.3) is 0 Å². The van der Waals surface area contributed by atoms with Gasteiger partial charge in [0.05, 0.1) is 22.8 Å². The minimum absolute atomic E-state index is 0.0736. The van der Waals surface area contributed by atoms with Crippen LogP contribution < -0.4 is 9.64 Å². The molecule has 1 amide bonds. The van der Waals surface area contributed by atoms with Crippen molar-refractivity contribution in [3.05, 3.63) is 42.3 Å². The highest BCUT2D eigenvalue weighted by atomic mass is 19.1. The van der Waals surface area contributed by atoms with Crippen molar-refractivity contribution in [2.75, 3.05) is 31.9 Å². The highest BCUT2D eigenvalue weighted by Gasteiger charge is 2.43. The number of anilines is 1. The number of ether oxygens (including phenoxy) is 3. The molecule has 1 saturated heterocycles. The molecule has 4 aromatic rings. The Morgan fingerprint density at radius 1 is 1.07 bits per heavy atom. The second-order valence-corrected chi connectivity index (χ2v) is 12.0. The van der Waals surface area contributed by atoms with Crippen molar-refractivity contribution in [2.45, 2.75) is 70.8 Å². The molecule has 222 valence electrons. The molecule has 0 radical (unpaired) electrons. The Kier molecular flexibility index (Phi) is 7.38. The van der Waals surface area contributed by atoms with Crippen LogP contribution in [0.25, 0.3) is 33.4 Å². The maximum absolute atomic E-state index is 13.8. The van der Waals surface area contributed by atoms with Gasteiger partial charge in [-0.05, 0) is 70.4 Å². The van der Waals surface area contributed by atoms with E-state index in [2.05, 4.69) is 9.88 Å². The highest BCUT2D eigenvalue weighted by molar-refractivity contribution is 5.86. The smallest absolute Gasteiger partial charge is 0.410 e. The van der Waals surface area contributed by atoms with E-state index in [1.54, 1.807) is 18.9 Å². The number of methoxy groups -OCH3 is 1. The third-order valence-corrected chi connectivity index (χ3v) is 7.67. The molecule has 3 aromatic heterocycles. The number of carbonyl (C=O) groups excluding carboxylic acids is 1. The van der Waals surface area contributed by atoms with Crippen molar-refractivity contribution in [1.29, 1.82) is 0 Å². The molecule has 4 heterocycles. The number of hydrogen-bond donors (Lipinski definition) is 0. The van der Waals surface area contributed by atoms with E-state index in [-0.39, 0.29) is 25.0 Å². The second kappa shape index (κ2) is 11.0. The summed E-state index contributed by atoms with van der Waals surface area (Å²) in [6.07, 6.45) is 0.249. The van der Waals surface area contributed by atoms with Gasteiger partial charge in [0.2, 0.25) is 0 Å². The van der Waals surface area contributed by atoms with Gasteiger partial charge in [-0.15, -0.1) is 0 Å². The van der Waals surface area contributed by atoms with Gasteiger partial charge in [0.1, 0.15) is 28.9 Å². The van der Waals surface area contributed by atoms with E-state index < -0.39 is 11.8 Å². The largest absolute Gasteiger partial charge is 0.467 e. The molecular formula is C31H36FN5O5. The molecule has 1 atom stereocenters. The topological polar surface area (TPSA) is 103 Å². The summed E-state index contributed by atoms with van der Waals surface area (Å²) >= 11 is 0. The van der Waals surface area contributed by atoms with Crippen molar-refractivity contribution >= 4 is 34.0 Å². The number of oxazole rings is 1. The number of amides is 1. The first kappa shape index (κ1) is 28.1. The minimum atomic E-state index is -0.860. The second-order valence-electron chi connectivity index (χ2n) is 12.0. The van der Waals surface area contributed by atoms with Crippen molar-refractivity contribution in [3.63, 3.8) is 0 Å². The molecule has 1 aliphatic heterocycles. The van der Waals surface area contributed by atoms with E-state index in [4.69, 9.17) is 28.6 Å². The maximum atomic E-state index is 13.8. The van der Waals surface area contributed by atoms with Crippen LogP contribution in [0.5, 0.6) is 5.75 Å². The Bertz CT molecular complexity index is 1610. The number of fused-ring (bicyclic) bond motifs is 2. The fourth-order valence-electron chi connectivity index (χ4n) is 5.67. The number of hydrogen-bond acceptors (Lipinski definition) is 9. The zero-order valence-electron chi connectivity index (χ0n) is 24.6. The van der Waals surface area contributed by atoms with Gasteiger partial charge in [0.15, 0.2) is 18.3 Å². The number of carbonyl (C=O) groups is 1. The van der Waals surface area contributed by atoms with Crippen molar-refractivity contribution in [1.82, 2.24) is 19.9 Å². The highest BCUT2D eigenvalue weighted by Crippen LogP contribution is 2.36. The lowest BCUT2D eigenvalue weighted by Crippen LogP contribution is -2.55. The fourth-order valence-corrected chi connectivity index (χ4v) is 5.67. The number of nitrogens with zero attached hydrogens (tertiary/aromatic N) is 5. The predicted molar refractivity (Wildman–Crippen MR) is 156 cm³/mol. The average Bonchev–Trinajstić information content (AvgIpc) is 3.54. The van der Waals surface area contributed by atoms with E-state index in [9.17, 15) is 9.18 Å². The lowest BCUT2D eigenvalue weighted by Gasteiger charge is -2.43. The number of aryl methyl sites for hydroxylation is 1. The molecule has 10 nitrogen and oxygen atoms in total. The van der Waals surface area contributed by atoms with Crippen LogP contribution in [0.3, 0.4) is 0 Å². The summed E-state index contributed by atoms with van der Waals surface area (Å²) in [5.74, 6) is 1.97. The Hall–Kier alpha value is -3.99. The number of benzene rings is 1. The zero-order chi connectivity index (χ0) is 29.6. The lowest BCUT2D eigenvalue weighted by molar-refractivity contribution is -0.0178. The summed E-state index contributed by atoms with van der Waals surface area (Å²) in [6.45, 7) is 8.78. The Morgan fingerprint density at radius 2 is 1.83 bits per heavy atom. The molecule has 0 spiro atoms. The Morgan fingerprint density at radius 3 is 2.57 bits per heavy atom. The average molecular weight is 578 g/mol. The Labute approximate surface area is 243 Å². The van der Waals surface area contributed by atoms with E-state index >= 15 is 0 Å². The zero-order valence-corrected chi connectivity index (χ0v) is 24.6. The van der Waals surface area contributed by atoms with E-state index in [0.717, 1.165) is 35.4 Å². The molecule has 2 fully saturated rings. The van der Waals surface area contributed by atoms with Crippen LogP contribution in [0, 0.1) is 6.92 Å². The molecule has 1 aliphatic carbocycles. The van der Waals surface area contributed by atoms with Gasteiger partial charge >= 0.3 is 6.09 Å². The summed E-state index contributed by atoms with van der Waals surface area (Å²) in [6, 6.07) is 11.2. The van der Waals surface area contributed by atoms with Crippen LogP contribution in [-0.2, 0) is 9.47 Å². The van der Waals surface area contributed by atoms with Crippen LogP contribution >= 0.6 is 0 Å². The third kappa shape index (κ3) is 5.70. The van der Waals surface area contributed by atoms with Gasteiger partial charge in [-0.1, -0.05) is 0 Å². The first-order valence-corrected chi connectivity index (χ1v) is 14.3. The number of aromatic nitrogens is 3. The molecule has 0 bridgehead atoms. The molecule has 1 unspecified atom stereocenters. The summed E-state index contributed by atoms with van der Waals surface area (Å²) in [5.41, 5.74) is 3.68. The van der Waals surface area contributed by atoms with Crippen molar-refractivity contribution in [3.8, 4) is 17.0 Å². The van der Waals surface area contributed by atoms with Gasteiger partial charge in [-0.2, -0.15) is 0 Å². The first-order chi connectivity index (χ1) is 20.1. The molecule has 11 heteroatoms. The quantitative estimate of drug-likeness (QED) is 0.243. The molecule has 6 rings (SSSR count). The summed E-state index contributed by atoms with van der Waals surface area (Å²) in [5, 5.41) is 0. The molecule has 1 aromatic carbocycles. The van der Waals surface area contributed by atoms with Crippen LogP contribution in [0.4, 0.5) is 15.0 Å². The van der Waals surface area contributed by atoms with E-state index in [0.29, 0.717) is 47.8 Å². The van der Waals surface area contributed by atoms with Crippen LogP contribution in [0.1, 0.15) is 45.9 Å². The van der Waals surface area contributed by atoms with Crippen molar-refractivity contribution in [2.24, 2.45) is 0 Å². The van der Waals surface area contributed by atoms with Gasteiger partial charge < -0.3 is 28.4 Å². The fraction of sp³-hybridized carbons (Fsp3) is 0.484. The number of pyridine rings is 2. The monoisotopic (exact) mass is 577 g/mol. The maximum Gasteiger partial charge on any atom is 0.410 e. The van der Waals surface area contributed by atoms with Gasteiger partial charge in [-0.3, -0.25) is 0 Å². The summed E-state index contributed by atoms with van der Waals surface area (Å²) in [7, 11) is 1.57. The lowest BCUT2D eigenvalue weighted by atomic mass is 9.88. The van der Waals surface area contributed by atoms with Crippen molar-refractivity contribution < 1.29 is 27.8 Å². The van der Waals surface area contributed by atoms with Gasteiger partial charge in [-0.25, -0.2) is 24.1 Å². The molecular weight excluding hydrogens is 541 g/mol. The van der Waals surface area contributed by atoms with E-state index in [1.807, 2.05) is 57.2 Å². The van der Waals surface area contributed by atoms with Crippen LogP contribution in [-0.4, -0.2) is 76.8 Å². The van der Waals surface area contributed by atoms with Crippen LogP contribution in [0.15, 0.2) is 40.8 Å². The standard InChI is InChI=1S/C31H36FN5O5/c1-18-33-26-15-27(40-17-39-5)22(14-28(26)41-18)23-6-7-25-24(34-23)8-9-29(35-25)36-11-10-20(16-36)37(21-12-19(32)13-21)30(38)42-31(2,3)4/h6-9,14-15,19-21H,10-13,16-17H2,1-5H3/t19-,20?,21+. The molecule has 0 N–H and O–H groups in total. The number of alkyl halides is 1. The Balaban J connectivity index is 1.24. The van der Waals surface area contributed by atoms with E-state index in [1.165, 1.54) is 0 Å². The SMILES string of the molecule is COCOc1cc2nc(C)oc2cc1-c1ccc2nc(N3CCC(N(C(=O)OC(C)(C)C)[C@H]4C[C@@H](F)C4)C3)ccc2n1. The third-order valence-electron chi connectivity index (χ3n) is 7.67. The van der Waals surface area contributed by atoms with Gasteiger partial charge in [0, 0.05) is 44.8 Å². The molecule has 1 saturated carbocycles.